The van der Waals surface area contributed by atoms with Gasteiger partial charge in [-0.1, -0.05) is 87.5 Å². The molecule has 0 radical (unpaired) electrons. The quantitative estimate of drug-likeness (QED) is 0.0401. The molecule has 0 spiro atoms. The van der Waals surface area contributed by atoms with Crippen LogP contribution in [0.1, 0.15) is 76.0 Å². The number of piperazine rings is 1. The number of phenols is 1. The van der Waals surface area contributed by atoms with Gasteiger partial charge in [-0.25, -0.2) is 19.3 Å². The van der Waals surface area contributed by atoms with Gasteiger partial charge in [-0.05, 0) is 83.8 Å². The van der Waals surface area contributed by atoms with Gasteiger partial charge in [0.2, 0.25) is 23.6 Å². The number of nitrogens with zero attached hydrogens (tertiary/aromatic N) is 7. The lowest BCUT2D eigenvalue weighted by atomic mass is 9.85. The number of nitrogens with one attached hydrogen (secondary N) is 2. The van der Waals surface area contributed by atoms with E-state index in [0.717, 1.165) is 21.7 Å². The van der Waals surface area contributed by atoms with Gasteiger partial charge >= 0.3 is 0 Å². The number of likely N-dealkylation sites (tertiary alicyclic amines) is 2. The number of phenolic OH excluding ortho intramolecular Hbond substituents is 1. The summed E-state index contributed by atoms with van der Waals surface area (Å²) in [6, 6.07) is 17.6. The van der Waals surface area contributed by atoms with Gasteiger partial charge in [-0.2, -0.15) is 0 Å². The molecule has 5 N–H and O–H groups in total. The molecule has 5 heterocycles. The molecular weight excluding hydrogens is 1080 g/mol. The zero-order valence-corrected chi connectivity index (χ0v) is 47.9. The summed E-state index contributed by atoms with van der Waals surface area (Å²) in [4.78, 5) is 76.3. The molecule has 0 bridgehead atoms. The Balaban J connectivity index is 0.781. The number of ether oxygens (including phenoxy) is 2. The normalized spacial score (nSPS) is 18.5. The van der Waals surface area contributed by atoms with Crippen molar-refractivity contribution in [1.82, 2.24) is 40.3 Å². The van der Waals surface area contributed by atoms with E-state index >= 15 is 4.39 Å². The predicted molar refractivity (Wildman–Crippen MR) is 311 cm³/mol. The highest BCUT2D eigenvalue weighted by Crippen LogP contribution is 2.43. The summed E-state index contributed by atoms with van der Waals surface area (Å²) in [7, 11) is 0. The van der Waals surface area contributed by atoms with E-state index in [1.54, 1.807) is 28.4 Å². The molecule has 3 fully saturated rings. The standard InChI is InChI=1S/C60H71ClFN9O9S/c1-7-50(76)69-20-22-70(23-21-69)57-46-29-47(61)51(45-27-41(73)26-39-10-8-9-11-44(39)45)52(62)53(46)66-56(67-57)40(32-72)30-68-18-16-43(17-19-68)80-25-24-79-33-49(75)65-55(60(4,5)6)59(78)71-31-42(74)28-48(71)58(77)64-35(2)37-12-14-38(15-13-37)54-36(3)63-34-81-54/h7-15,26-27,29,34-35,40,42-43,48,55,72-74H,1,16-25,28,30-33H2,2-6H3,(H,64,77)(H,65,75)/t35-,40-,42?,48?,55+/m0/s1. The fraction of sp³-hybridized carbons (Fsp3) is 0.450. The van der Waals surface area contributed by atoms with Crippen molar-refractivity contribution in [3.8, 4) is 27.3 Å². The van der Waals surface area contributed by atoms with Crippen LogP contribution in [0.15, 0.2) is 84.9 Å². The van der Waals surface area contributed by atoms with Crippen LogP contribution in [-0.2, 0) is 28.7 Å². The van der Waals surface area contributed by atoms with Crippen molar-refractivity contribution in [1.29, 1.82) is 0 Å². The summed E-state index contributed by atoms with van der Waals surface area (Å²) in [5.41, 5.74) is 4.42. The lowest BCUT2D eigenvalue weighted by Gasteiger charge is -2.36. The van der Waals surface area contributed by atoms with Crippen molar-refractivity contribution in [3.63, 3.8) is 0 Å². The number of rotatable bonds is 19. The Labute approximate surface area is 479 Å². The minimum Gasteiger partial charge on any atom is -0.508 e. The van der Waals surface area contributed by atoms with Crippen LogP contribution in [0.4, 0.5) is 10.2 Å². The van der Waals surface area contributed by atoms with Crippen LogP contribution in [0, 0.1) is 18.2 Å². The van der Waals surface area contributed by atoms with Gasteiger partial charge in [-0.3, -0.25) is 19.2 Å². The molecule has 4 aromatic carbocycles. The van der Waals surface area contributed by atoms with Crippen molar-refractivity contribution in [2.45, 2.75) is 90.1 Å². The number of aliphatic hydroxyl groups excluding tert-OH is 2. The smallest absolute Gasteiger partial charge is 0.246 e. The number of benzene rings is 4. The molecule has 2 unspecified atom stereocenters. The number of thiazole rings is 1. The van der Waals surface area contributed by atoms with Crippen LogP contribution < -0.4 is 15.5 Å². The zero-order valence-electron chi connectivity index (χ0n) is 46.4. The third-order valence-corrected chi connectivity index (χ3v) is 16.8. The number of hydrogen-bond donors (Lipinski definition) is 5. The average molecular weight is 1150 g/mol. The number of aromatic nitrogens is 3. The molecule has 430 valence electrons. The van der Waals surface area contributed by atoms with Crippen molar-refractivity contribution in [2.24, 2.45) is 5.41 Å². The number of carbonyl (C=O) groups is 4. The van der Waals surface area contributed by atoms with Crippen molar-refractivity contribution in [3.05, 3.63) is 113 Å². The molecule has 21 heteroatoms. The molecule has 3 saturated heterocycles. The monoisotopic (exact) mass is 1150 g/mol. The maximum Gasteiger partial charge on any atom is 0.246 e. The zero-order chi connectivity index (χ0) is 57.7. The largest absolute Gasteiger partial charge is 0.508 e. The van der Waals surface area contributed by atoms with E-state index in [1.165, 1.54) is 17.0 Å². The fourth-order valence-corrected chi connectivity index (χ4v) is 12.2. The highest BCUT2D eigenvalue weighted by Gasteiger charge is 2.45. The highest BCUT2D eigenvalue weighted by molar-refractivity contribution is 7.13. The number of fused-ring (bicyclic) bond motifs is 2. The number of β-amino-alcohol motifs (C(OH)–C–C–N with tert-alkyl or cyclic N) is 1. The van der Waals surface area contributed by atoms with Crippen LogP contribution in [0.5, 0.6) is 5.75 Å². The highest BCUT2D eigenvalue weighted by atomic mass is 35.5. The van der Waals surface area contributed by atoms with Gasteiger partial charge in [0.1, 0.15) is 41.6 Å². The molecule has 3 aliphatic heterocycles. The minimum atomic E-state index is -1.02. The fourth-order valence-electron chi connectivity index (χ4n) is 11.1. The van der Waals surface area contributed by atoms with Gasteiger partial charge in [0.15, 0.2) is 5.82 Å². The van der Waals surface area contributed by atoms with Gasteiger partial charge in [-0.15, -0.1) is 11.3 Å². The van der Waals surface area contributed by atoms with E-state index in [-0.39, 0.29) is 85.1 Å². The number of hydrogen-bond acceptors (Lipinski definition) is 15. The van der Waals surface area contributed by atoms with Gasteiger partial charge in [0.25, 0.3) is 0 Å². The van der Waals surface area contributed by atoms with E-state index < -0.39 is 53.1 Å². The van der Waals surface area contributed by atoms with Crippen LogP contribution >= 0.6 is 22.9 Å². The topological polar surface area (TPSA) is 223 Å². The van der Waals surface area contributed by atoms with E-state index in [4.69, 9.17) is 31.0 Å². The number of carbonyl (C=O) groups excluding carboxylic acids is 4. The lowest BCUT2D eigenvalue weighted by molar-refractivity contribution is -0.144. The predicted octanol–water partition coefficient (Wildman–Crippen LogP) is 7.16. The average Bonchev–Trinajstić information content (AvgIpc) is 4.09. The van der Waals surface area contributed by atoms with Crippen LogP contribution in [0.2, 0.25) is 5.02 Å². The molecule has 4 amide bonds. The minimum absolute atomic E-state index is 0.0175. The maximum absolute atomic E-state index is 17.3. The SMILES string of the molecule is C=CC(=O)N1CCN(c2nc([C@H](CO)CN3CCC(OCCOCC(=O)N[C@H](C(=O)N4CC(O)CC4C(=O)N[C@@H](C)c4ccc(-c5scnc5C)cc4)C(C)(C)C)CC3)nc3c(F)c(-c4cc(O)cc5ccccc45)c(Cl)cc23)CC1. The number of halogens is 2. The molecule has 0 aliphatic carbocycles. The summed E-state index contributed by atoms with van der Waals surface area (Å²) in [5.74, 6) is -2.21. The second kappa shape index (κ2) is 25.6. The number of piperidine rings is 1. The second-order valence-electron chi connectivity index (χ2n) is 22.3. The number of aliphatic hydroxyl groups is 2. The second-order valence-corrected chi connectivity index (χ2v) is 23.5. The van der Waals surface area contributed by atoms with Crippen molar-refractivity contribution < 1.29 is 48.4 Å². The number of aromatic hydroxyl groups is 1. The van der Waals surface area contributed by atoms with Crippen LogP contribution in [0.25, 0.3) is 43.2 Å². The Morgan fingerprint density at radius 1 is 0.963 bits per heavy atom. The third-order valence-electron chi connectivity index (χ3n) is 15.5. The molecule has 3 aliphatic rings. The Morgan fingerprint density at radius 3 is 2.37 bits per heavy atom. The van der Waals surface area contributed by atoms with Gasteiger partial charge in [0, 0.05) is 69.7 Å². The molecule has 5 atom stereocenters. The summed E-state index contributed by atoms with van der Waals surface area (Å²) in [6.07, 6.45) is 1.67. The first-order valence-electron chi connectivity index (χ1n) is 27.5. The molecule has 9 rings (SSSR count). The van der Waals surface area contributed by atoms with Crippen molar-refractivity contribution in [2.75, 3.05) is 83.7 Å². The molecule has 0 saturated carbocycles. The lowest BCUT2D eigenvalue weighted by Crippen LogP contribution is -2.58. The van der Waals surface area contributed by atoms with Crippen LogP contribution in [0.3, 0.4) is 0 Å². The van der Waals surface area contributed by atoms with Crippen LogP contribution in [-0.4, -0.2) is 172 Å². The van der Waals surface area contributed by atoms with Crippen molar-refractivity contribution >= 4 is 74.1 Å². The summed E-state index contributed by atoms with van der Waals surface area (Å²) >= 11 is 8.52. The number of amides is 4. The third kappa shape index (κ3) is 13.5. The van der Waals surface area contributed by atoms with E-state index in [2.05, 4.69) is 27.1 Å². The Bertz CT molecular complexity index is 3270. The Kier molecular flexibility index (Phi) is 18.7. The Morgan fingerprint density at radius 2 is 1.69 bits per heavy atom. The van der Waals surface area contributed by atoms with E-state index in [0.29, 0.717) is 86.2 Å². The molecule has 81 heavy (non-hydrogen) atoms. The summed E-state index contributed by atoms with van der Waals surface area (Å²) < 4.78 is 29.2. The van der Waals surface area contributed by atoms with Gasteiger partial charge in [0.05, 0.1) is 65.1 Å². The Hall–Kier alpha value is -6.65. The van der Waals surface area contributed by atoms with Gasteiger partial charge < -0.3 is 55.0 Å². The first kappa shape index (κ1) is 59.0. The molecule has 18 nitrogen and oxygen atoms in total. The molecule has 6 aromatic rings. The number of anilines is 1. The van der Waals surface area contributed by atoms with E-state index in [1.807, 2.05) is 93.6 Å². The molecular formula is C60H71ClFN9O9S. The van der Waals surface area contributed by atoms with E-state index in [9.17, 15) is 34.5 Å². The molecule has 2 aromatic heterocycles. The summed E-state index contributed by atoms with van der Waals surface area (Å²) in [6.45, 7) is 15.8. The first-order valence-corrected chi connectivity index (χ1v) is 28.8. The first-order chi connectivity index (χ1) is 38.8. The maximum atomic E-state index is 17.3. The number of aryl methyl sites for hydroxylation is 1. The summed E-state index contributed by atoms with van der Waals surface area (Å²) in [5, 5.41) is 40.1.